The van der Waals surface area contributed by atoms with Crippen LogP contribution in [-0.4, -0.2) is 12.6 Å². The Morgan fingerprint density at radius 2 is 2.00 bits per heavy atom. The van der Waals surface area contributed by atoms with Gasteiger partial charge >= 0.3 is 0 Å². The van der Waals surface area contributed by atoms with Crippen LogP contribution in [-0.2, 0) is 6.42 Å². The van der Waals surface area contributed by atoms with Crippen molar-refractivity contribution in [3.05, 3.63) is 35.4 Å². The van der Waals surface area contributed by atoms with E-state index in [9.17, 15) is 0 Å². The highest BCUT2D eigenvalue weighted by molar-refractivity contribution is 5.22. The van der Waals surface area contributed by atoms with Gasteiger partial charge in [-0.2, -0.15) is 0 Å². The van der Waals surface area contributed by atoms with E-state index < -0.39 is 0 Å². The lowest BCUT2D eigenvalue weighted by Crippen LogP contribution is -2.37. The normalized spacial score (nSPS) is 18.4. The summed E-state index contributed by atoms with van der Waals surface area (Å²) in [6, 6.07) is 9.71. The van der Waals surface area contributed by atoms with E-state index in [1.165, 1.54) is 56.1 Å². The Morgan fingerprint density at radius 1 is 1.21 bits per heavy atom. The molecule has 0 bridgehead atoms. The van der Waals surface area contributed by atoms with E-state index in [1.54, 1.807) is 0 Å². The summed E-state index contributed by atoms with van der Waals surface area (Å²) >= 11 is 0. The van der Waals surface area contributed by atoms with Crippen LogP contribution >= 0.6 is 0 Å². The molecule has 0 aromatic heterocycles. The number of aryl methyl sites for hydroxylation is 2. The van der Waals surface area contributed by atoms with E-state index in [0.717, 1.165) is 18.5 Å². The van der Waals surface area contributed by atoms with Gasteiger partial charge in [-0.1, -0.05) is 56.0 Å². The maximum Gasteiger partial charge on any atom is 0.00983 e. The molecule has 1 aliphatic carbocycles. The van der Waals surface area contributed by atoms with Gasteiger partial charge in [0, 0.05) is 6.04 Å². The summed E-state index contributed by atoms with van der Waals surface area (Å²) in [6.07, 6.45) is 9.72. The Labute approximate surface area is 118 Å². The van der Waals surface area contributed by atoms with Crippen LogP contribution in [0.4, 0.5) is 0 Å². The number of hydrogen-bond donors (Lipinski definition) is 1. The molecule has 0 radical (unpaired) electrons. The van der Waals surface area contributed by atoms with E-state index in [0.29, 0.717) is 0 Å². The van der Waals surface area contributed by atoms with Crippen molar-refractivity contribution in [1.82, 2.24) is 5.32 Å². The average Bonchev–Trinajstić information content (AvgIpc) is 2.44. The fourth-order valence-electron chi connectivity index (χ4n) is 3.49. The lowest BCUT2D eigenvalue weighted by Gasteiger charge is -2.31. The third-order valence-electron chi connectivity index (χ3n) is 4.51. The van der Waals surface area contributed by atoms with Gasteiger partial charge in [-0.15, -0.1) is 0 Å². The van der Waals surface area contributed by atoms with Gasteiger partial charge in [-0.25, -0.2) is 0 Å². The van der Waals surface area contributed by atoms with Crippen LogP contribution < -0.4 is 5.32 Å². The predicted octanol–water partition coefficient (Wildman–Crippen LogP) is 4.49. The van der Waals surface area contributed by atoms with Crippen LogP contribution in [0.5, 0.6) is 0 Å². The first-order chi connectivity index (χ1) is 9.29. The molecule has 1 unspecified atom stereocenters. The minimum Gasteiger partial charge on any atom is -0.314 e. The summed E-state index contributed by atoms with van der Waals surface area (Å²) in [6.45, 7) is 5.53. The maximum atomic E-state index is 3.74. The first kappa shape index (κ1) is 14.6. The molecule has 1 saturated carbocycles. The molecule has 1 heteroatoms. The summed E-state index contributed by atoms with van der Waals surface area (Å²) in [5.74, 6) is 0.915. The summed E-state index contributed by atoms with van der Waals surface area (Å²) in [4.78, 5) is 0. The van der Waals surface area contributed by atoms with Crippen molar-refractivity contribution in [2.24, 2.45) is 5.92 Å². The number of rotatable bonds is 6. The molecular weight excluding hydrogens is 230 g/mol. The van der Waals surface area contributed by atoms with Gasteiger partial charge in [-0.05, 0) is 50.6 Å². The van der Waals surface area contributed by atoms with E-state index in [4.69, 9.17) is 0 Å². The minimum absolute atomic E-state index is 0.728. The largest absolute Gasteiger partial charge is 0.314 e. The Balaban J connectivity index is 1.89. The molecule has 0 aliphatic heterocycles. The molecule has 1 fully saturated rings. The molecule has 0 spiro atoms. The lowest BCUT2D eigenvalue weighted by atomic mass is 9.81. The van der Waals surface area contributed by atoms with Gasteiger partial charge in [0.25, 0.3) is 0 Å². The second-order valence-corrected chi connectivity index (χ2v) is 6.09. The van der Waals surface area contributed by atoms with Crippen molar-refractivity contribution < 1.29 is 0 Å². The molecule has 1 atom stereocenters. The number of hydrogen-bond acceptors (Lipinski definition) is 1. The van der Waals surface area contributed by atoms with Crippen LogP contribution in [0.2, 0.25) is 0 Å². The first-order valence-corrected chi connectivity index (χ1v) is 8.08. The minimum atomic E-state index is 0.728. The van der Waals surface area contributed by atoms with Crippen LogP contribution in [0.15, 0.2) is 24.3 Å². The molecule has 1 aromatic carbocycles. The molecule has 0 saturated heterocycles. The van der Waals surface area contributed by atoms with E-state index in [2.05, 4.69) is 43.4 Å². The van der Waals surface area contributed by atoms with Crippen molar-refractivity contribution >= 4 is 0 Å². The Hall–Kier alpha value is -0.820. The Morgan fingerprint density at radius 3 is 2.68 bits per heavy atom. The topological polar surface area (TPSA) is 12.0 Å². The zero-order valence-electron chi connectivity index (χ0n) is 12.6. The van der Waals surface area contributed by atoms with E-state index >= 15 is 0 Å². The molecule has 0 amide bonds. The molecule has 19 heavy (non-hydrogen) atoms. The zero-order valence-corrected chi connectivity index (χ0v) is 12.6. The van der Waals surface area contributed by atoms with Crippen LogP contribution in [0, 0.1) is 12.8 Å². The van der Waals surface area contributed by atoms with Gasteiger partial charge in [0.15, 0.2) is 0 Å². The molecule has 106 valence electrons. The molecule has 1 nitrogen and oxygen atoms in total. The van der Waals surface area contributed by atoms with Crippen molar-refractivity contribution in [2.75, 3.05) is 6.54 Å². The van der Waals surface area contributed by atoms with Crippen molar-refractivity contribution in [2.45, 2.75) is 64.8 Å². The first-order valence-electron chi connectivity index (χ1n) is 8.08. The summed E-state index contributed by atoms with van der Waals surface area (Å²) in [7, 11) is 0. The third kappa shape index (κ3) is 4.65. The van der Waals surface area contributed by atoms with Gasteiger partial charge in [0.2, 0.25) is 0 Å². The highest BCUT2D eigenvalue weighted by atomic mass is 14.9. The van der Waals surface area contributed by atoms with Crippen LogP contribution in [0.1, 0.15) is 56.6 Å². The van der Waals surface area contributed by atoms with E-state index in [1.807, 2.05) is 0 Å². The highest BCUT2D eigenvalue weighted by Crippen LogP contribution is 2.28. The summed E-state index contributed by atoms with van der Waals surface area (Å²) in [5.41, 5.74) is 2.88. The Kier molecular flexibility index (Phi) is 5.91. The molecule has 2 rings (SSSR count). The SMILES string of the molecule is CCNC(CCc1cccc(C)c1)C1CCCCC1. The zero-order chi connectivity index (χ0) is 13.5. The second-order valence-electron chi connectivity index (χ2n) is 6.09. The molecule has 1 aromatic rings. The van der Waals surface area contributed by atoms with Gasteiger partial charge in [0.05, 0.1) is 0 Å². The van der Waals surface area contributed by atoms with Crippen LogP contribution in [0.25, 0.3) is 0 Å². The quantitative estimate of drug-likeness (QED) is 0.794. The fraction of sp³-hybridized carbons (Fsp3) is 0.667. The van der Waals surface area contributed by atoms with Gasteiger partial charge < -0.3 is 5.32 Å². The highest BCUT2D eigenvalue weighted by Gasteiger charge is 2.22. The summed E-state index contributed by atoms with van der Waals surface area (Å²) in [5, 5.41) is 3.74. The maximum absolute atomic E-state index is 3.74. The van der Waals surface area contributed by atoms with Crippen molar-refractivity contribution in [3.63, 3.8) is 0 Å². The predicted molar refractivity (Wildman–Crippen MR) is 83.5 cm³/mol. The molecular formula is C18H29N. The number of nitrogens with one attached hydrogen (secondary N) is 1. The summed E-state index contributed by atoms with van der Waals surface area (Å²) < 4.78 is 0. The Bertz CT molecular complexity index is 366. The second kappa shape index (κ2) is 7.69. The fourth-order valence-corrected chi connectivity index (χ4v) is 3.49. The average molecular weight is 259 g/mol. The molecule has 1 N–H and O–H groups in total. The standard InChI is InChI=1S/C18H29N/c1-3-19-18(17-10-5-4-6-11-17)13-12-16-9-7-8-15(2)14-16/h7-9,14,17-19H,3-6,10-13H2,1-2H3. The van der Waals surface area contributed by atoms with E-state index in [-0.39, 0.29) is 0 Å². The monoisotopic (exact) mass is 259 g/mol. The molecule has 0 heterocycles. The van der Waals surface area contributed by atoms with Gasteiger partial charge in [0.1, 0.15) is 0 Å². The van der Waals surface area contributed by atoms with Crippen molar-refractivity contribution in [1.29, 1.82) is 0 Å². The molecule has 1 aliphatic rings. The van der Waals surface area contributed by atoms with Crippen molar-refractivity contribution in [3.8, 4) is 0 Å². The van der Waals surface area contributed by atoms with Gasteiger partial charge in [-0.3, -0.25) is 0 Å². The lowest BCUT2D eigenvalue weighted by molar-refractivity contribution is 0.261. The smallest absolute Gasteiger partial charge is 0.00983 e. The number of benzene rings is 1. The third-order valence-corrected chi connectivity index (χ3v) is 4.51. The van der Waals surface area contributed by atoms with Crippen LogP contribution in [0.3, 0.4) is 0 Å².